The summed E-state index contributed by atoms with van der Waals surface area (Å²) in [7, 11) is 2.18. The highest BCUT2D eigenvalue weighted by molar-refractivity contribution is 7.09. The Bertz CT molecular complexity index is 798. The lowest BCUT2D eigenvalue weighted by molar-refractivity contribution is 0.0658. The number of likely N-dealkylation sites (tertiary alicyclic amines) is 1. The third kappa shape index (κ3) is 3.08. The number of nitrogens with one attached hydrogen (secondary N) is 1. The van der Waals surface area contributed by atoms with Crippen LogP contribution in [0, 0.1) is 16.7 Å². The SMILES string of the molecule is CN(Cc1nccs1)[C@H]1CC12CCN(C(=O)c1c[nH]c(C#N)c1)CC2. The van der Waals surface area contributed by atoms with Crippen molar-refractivity contribution < 1.29 is 4.79 Å². The van der Waals surface area contributed by atoms with Crippen LogP contribution in [0.25, 0.3) is 0 Å². The van der Waals surface area contributed by atoms with E-state index in [4.69, 9.17) is 5.26 Å². The number of nitrogens with zero attached hydrogens (tertiary/aromatic N) is 4. The minimum absolute atomic E-state index is 0.0286. The normalized spacial score (nSPS) is 21.5. The molecule has 1 N–H and O–H groups in total. The van der Waals surface area contributed by atoms with E-state index >= 15 is 0 Å². The van der Waals surface area contributed by atoms with E-state index < -0.39 is 0 Å². The Morgan fingerprint density at radius 2 is 2.36 bits per heavy atom. The third-order valence-electron chi connectivity index (χ3n) is 5.64. The van der Waals surface area contributed by atoms with Gasteiger partial charge < -0.3 is 9.88 Å². The van der Waals surface area contributed by atoms with Gasteiger partial charge in [-0.15, -0.1) is 11.3 Å². The van der Waals surface area contributed by atoms with Crippen molar-refractivity contribution in [2.75, 3.05) is 20.1 Å². The molecule has 0 bridgehead atoms. The molecule has 0 radical (unpaired) electrons. The molecule has 1 saturated heterocycles. The Hall–Kier alpha value is -2.17. The van der Waals surface area contributed by atoms with Crippen molar-refractivity contribution in [2.45, 2.75) is 31.8 Å². The molecule has 3 heterocycles. The Morgan fingerprint density at radius 1 is 1.56 bits per heavy atom. The van der Waals surface area contributed by atoms with Gasteiger partial charge in [-0.1, -0.05) is 0 Å². The van der Waals surface area contributed by atoms with Gasteiger partial charge in [-0.2, -0.15) is 5.26 Å². The summed E-state index contributed by atoms with van der Waals surface area (Å²) in [6, 6.07) is 4.26. The number of hydrogen-bond acceptors (Lipinski definition) is 5. The predicted octanol–water partition coefficient (Wildman–Crippen LogP) is 2.47. The number of nitriles is 1. The highest BCUT2D eigenvalue weighted by Gasteiger charge is 2.56. The summed E-state index contributed by atoms with van der Waals surface area (Å²) in [5.74, 6) is 0.0286. The molecule has 0 unspecified atom stereocenters. The van der Waals surface area contributed by atoms with E-state index in [2.05, 4.69) is 21.9 Å². The molecule has 1 aliphatic carbocycles. The molecule has 2 aliphatic rings. The van der Waals surface area contributed by atoms with Crippen molar-refractivity contribution in [1.29, 1.82) is 5.26 Å². The maximum absolute atomic E-state index is 12.6. The Labute approximate surface area is 151 Å². The number of H-pyrrole nitrogens is 1. The first-order valence-corrected chi connectivity index (χ1v) is 9.46. The zero-order valence-corrected chi connectivity index (χ0v) is 15.1. The van der Waals surface area contributed by atoms with E-state index in [-0.39, 0.29) is 5.91 Å². The standard InChI is InChI=1S/C18H21N5OS/c1-22(12-16-20-4-7-25-16)15-9-18(15)2-5-23(6-3-18)17(24)13-8-14(10-19)21-11-13/h4,7-8,11,15,21H,2-3,5-6,9,12H2,1H3/t15-/m0/s1. The molecular formula is C18H21N5OS. The second kappa shape index (κ2) is 6.28. The quantitative estimate of drug-likeness (QED) is 0.914. The minimum atomic E-state index is 0.0286. The number of aromatic nitrogens is 2. The molecule has 2 aromatic rings. The molecule has 2 fully saturated rings. The Morgan fingerprint density at radius 3 is 3.00 bits per heavy atom. The van der Waals surface area contributed by atoms with Crippen molar-refractivity contribution in [1.82, 2.24) is 19.8 Å². The van der Waals surface area contributed by atoms with Gasteiger partial charge in [0.05, 0.1) is 12.1 Å². The van der Waals surface area contributed by atoms with Crippen LogP contribution in [0.4, 0.5) is 0 Å². The van der Waals surface area contributed by atoms with Gasteiger partial charge in [0.25, 0.3) is 5.91 Å². The second-order valence-corrected chi connectivity index (χ2v) is 8.11. The maximum atomic E-state index is 12.6. The Kier molecular flexibility index (Phi) is 4.10. The van der Waals surface area contributed by atoms with Crippen LogP contribution in [0.5, 0.6) is 0 Å². The van der Waals surface area contributed by atoms with Crippen LogP contribution < -0.4 is 0 Å². The van der Waals surface area contributed by atoms with Gasteiger partial charge in [0.15, 0.2) is 0 Å². The highest BCUT2D eigenvalue weighted by Crippen LogP contribution is 2.56. The molecule has 25 heavy (non-hydrogen) atoms. The van der Waals surface area contributed by atoms with Crippen molar-refractivity contribution in [3.63, 3.8) is 0 Å². The van der Waals surface area contributed by atoms with E-state index in [1.165, 1.54) is 6.42 Å². The summed E-state index contributed by atoms with van der Waals surface area (Å²) in [6.07, 6.45) is 6.83. The van der Waals surface area contributed by atoms with Crippen LogP contribution in [0.2, 0.25) is 0 Å². The lowest BCUT2D eigenvalue weighted by Crippen LogP contribution is -2.41. The first kappa shape index (κ1) is 16.3. The number of carbonyl (C=O) groups excluding carboxylic acids is 1. The van der Waals surface area contributed by atoms with E-state index in [0.717, 1.165) is 37.5 Å². The molecule has 6 nitrogen and oxygen atoms in total. The number of piperidine rings is 1. The fraction of sp³-hybridized carbons (Fsp3) is 0.500. The zero-order valence-electron chi connectivity index (χ0n) is 14.2. The lowest BCUT2D eigenvalue weighted by Gasteiger charge is -2.34. The minimum Gasteiger partial charge on any atom is -0.352 e. The van der Waals surface area contributed by atoms with Gasteiger partial charge in [0, 0.05) is 36.9 Å². The number of rotatable bonds is 4. The first-order valence-electron chi connectivity index (χ1n) is 8.58. The molecule has 1 aliphatic heterocycles. The second-order valence-electron chi connectivity index (χ2n) is 7.13. The lowest BCUT2D eigenvalue weighted by atomic mass is 9.92. The van der Waals surface area contributed by atoms with Crippen molar-refractivity contribution in [3.8, 4) is 6.07 Å². The van der Waals surface area contributed by atoms with Crippen molar-refractivity contribution in [2.24, 2.45) is 5.41 Å². The third-order valence-corrected chi connectivity index (χ3v) is 6.41. The number of thiazole rings is 1. The van der Waals surface area contributed by atoms with Crippen molar-refractivity contribution in [3.05, 3.63) is 40.1 Å². The van der Waals surface area contributed by atoms with Crippen LogP contribution in [-0.2, 0) is 6.54 Å². The smallest absolute Gasteiger partial charge is 0.255 e. The first-order chi connectivity index (χ1) is 12.1. The summed E-state index contributed by atoms with van der Waals surface area (Å²) in [4.78, 5) is 24.1. The fourth-order valence-corrected chi connectivity index (χ4v) is 4.74. The molecule has 0 aromatic carbocycles. The average Bonchev–Trinajstić information content (AvgIpc) is 3.02. The van der Waals surface area contributed by atoms with Crippen LogP contribution in [0.1, 0.15) is 40.3 Å². The summed E-state index contributed by atoms with van der Waals surface area (Å²) >= 11 is 1.71. The van der Waals surface area contributed by atoms with Gasteiger partial charge in [-0.3, -0.25) is 9.69 Å². The van der Waals surface area contributed by atoms with Crippen LogP contribution in [-0.4, -0.2) is 51.9 Å². The van der Waals surface area contributed by atoms with Crippen molar-refractivity contribution >= 4 is 17.2 Å². The zero-order chi connectivity index (χ0) is 17.4. The van der Waals surface area contributed by atoms with Gasteiger partial charge in [0.2, 0.25) is 0 Å². The summed E-state index contributed by atoms with van der Waals surface area (Å²) in [5, 5.41) is 12.1. The number of hydrogen-bond donors (Lipinski definition) is 1. The average molecular weight is 355 g/mol. The predicted molar refractivity (Wildman–Crippen MR) is 95.1 cm³/mol. The van der Waals surface area contributed by atoms with E-state index in [1.807, 2.05) is 22.5 Å². The Balaban J connectivity index is 1.33. The fourth-order valence-electron chi connectivity index (χ4n) is 4.06. The van der Waals surface area contributed by atoms with Crippen LogP contribution in [0.15, 0.2) is 23.8 Å². The number of amides is 1. The largest absolute Gasteiger partial charge is 0.352 e. The van der Waals surface area contributed by atoms with Gasteiger partial charge >= 0.3 is 0 Å². The molecule has 1 saturated carbocycles. The molecular weight excluding hydrogens is 334 g/mol. The number of aromatic amines is 1. The van der Waals surface area contributed by atoms with E-state index in [0.29, 0.717) is 22.7 Å². The maximum Gasteiger partial charge on any atom is 0.255 e. The molecule has 4 rings (SSSR count). The summed E-state index contributed by atoms with van der Waals surface area (Å²) in [5.41, 5.74) is 1.39. The van der Waals surface area contributed by atoms with Gasteiger partial charge in [0.1, 0.15) is 16.8 Å². The van der Waals surface area contributed by atoms with Crippen LogP contribution >= 0.6 is 11.3 Å². The molecule has 130 valence electrons. The summed E-state index contributed by atoms with van der Waals surface area (Å²) < 4.78 is 0. The number of carbonyl (C=O) groups is 1. The molecule has 1 amide bonds. The molecule has 7 heteroatoms. The molecule has 1 spiro atoms. The van der Waals surface area contributed by atoms with Gasteiger partial charge in [-0.05, 0) is 37.8 Å². The monoisotopic (exact) mass is 355 g/mol. The van der Waals surface area contributed by atoms with Crippen LogP contribution in [0.3, 0.4) is 0 Å². The molecule has 2 aromatic heterocycles. The highest BCUT2D eigenvalue weighted by atomic mass is 32.1. The van der Waals surface area contributed by atoms with E-state index in [9.17, 15) is 4.79 Å². The van der Waals surface area contributed by atoms with E-state index in [1.54, 1.807) is 23.6 Å². The van der Waals surface area contributed by atoms with Gasteiger partial charge in [-0.25, -0.2) is 4.98 Å². The molecule has 1 atom stereocenters. The summed E-state index contributed by atoms with van der Waals surface area (Å²) in [6.45, 7) is 2.51. The topological polar surface area (TPSA) is 76.0 Å².